The van der Waals surface area contributed by atoms with Crippen molar-refractivity contribution in [1.82, 2.24) is 19.5 Å². The van der Waals surface area contributed by atoms with Crippen LogP contribution in [0.15, 0.2) is 30.7 Å². The number of nitrogens with one attached hydrogen (secondary N) is 1. The van der Waals surface area contributed by atoms with Crippen molar-refractivity contribution in [3.05, 3.63) is 36.3 Å². The van der Waals surface area contributed by atoms with E-state index in [4.69, 9.17) is 9.47 Å². The van der Waals surface area contributed by atoms with E-state index < -0.39 is 0 Å². The number of rotatable bonds is 7. The maximum atomic E-state index is 11.3. The van der Waals surface area contributed by atoms with Crippen molar-refractivity contribution in [2.45, 2.75) is 20.3 Å². The Bertz CT molecular complexity index is 922. The third-order valence-electron chi connectivity index (χ3n) is 3.84. The lowest BCUT2D eigenvalue weighted by atomic mass is 10.2. The van der Waals surface area contributed by atoms with Gasteiger partial charge in [0.05, 0.1) is 12.1 Å². The molecule has 0 aromatic carbocycles. The van der Waals surface area contributed by atoms with Crippen LogP contribution in [0.2, 0.25) is 0 Å². The van der Waals surface area contributed by atoms with E-state index in [2.05, 4.69) is 27.2 Å². The third-order valence-corrected chi connectivity index (χ3v) is 3.84. The van der Waals surface area contributed by atoms with Gasteiger partial charge in [0.1, 0.15) is 18.2 Å². The van der Waals surface area contributed by atoms with E-state index in [0.717, 1.165) is 22.9 Å². The van der Waals surface area contributed by atoms with Crippen LogP contribution >= 0.6 is 0 Å². The molecule has 0 aliphatic carbocycles. The van der Waals surface area contributed by atoms with Gasteiger partial charge < -0.3 is 19.4 Å². The maximum absolute atomic E-state index is 11.3. The summed E-state index contributed by atoms with van der Waals surface area (Å²) in [6.45, 7) is 4.38. The molecule has 0 unspecified atom stereocenters. The topological polar surface area (TPSA) is 91.2 Å². The van der Waals surface area contributed by atoms with Crippen LogP contribution in [0.1, 0.15) is 19.4 Å². The number of pyridine rings is 1. The Morgan fingerprint density at radius 2 is 2.15 bits per heavy atom. The van der Waals surface area contributed by atoms with Crippen molar-refractivity contribution < 1.29 is 14.3 Å². The normalized spacial score (nSPS) is 10.9. The Morgan fingerprint density at radius 1 is 1.31 bits per heavy atom. The summed E-state index contributed by atoms with van der Waals surface area (Å²) in [5.41, 5.74) is 2.05. The van der Waals surface area contributed by atoms with Crippen LogP contribution in [0.5, 0.6) is 6.01 Å². The number of nitrogens with zero attached hydrogens (tertiary/aromatic N) is 4. The summed E-state index contributed by atoms with van der Waals surface area (Å²) in [5.74, 6) is 1.01. The van der Waals surface area contributed by atoms with Gasteiger partial charge in [-0.1, -0.05) is 6.92 Å². The van der Waals surface area contributed by atoms with Gasteiger partial charge in [0.2, 0.25) is 5.91 Å². The number of aromatic nitrogens is 4. The lowest BCUT2D eigenvalue weighted by Crippen LogP contribution is -2.08. The van der Waals surface area contributed by atoms with E-state index in [1.54, 1.807) is 25.6 Å². The Morgan fingerprint density at radius 3 is 2.88 bits per heavy atom. The quantitative estimate of drug-likeness (QED) is 0.654. The van der Waals surface area contributed by atoms with Gasteiger partial charge >= 0.3 is 6.01 Å². The molecule has 0 aliphatic rings. The second-order valence-electron chi connectivity index (χ2n) is 5.68. The van der Waals surface area contributed by atoms with Gasteiger partial charge in [-0.3, -0.25) is 4.79 Å². The fourth-order valence-electron chi connectivity index (χ4n) is 2.66. The molecule has 26 heavy (non-hydrogen) atoms. The molecule has 0 spiro atoms. The van der Waals surface area contributed by atoms with E-state index in [9.17, 15) is 4.79 Å². The number of carbonyl (C=O) groups is 1. The number of aryl methyl sites for hydroxylation is 1. The standard InChI is InChI=1S/C18H21N5O3/c1-4-13-11-23(15-9-16(21-12(2)24)20-10-14(13)15)17-5-6-19-18(22-17)26-8-7-25-3/h5-6,9-11H,4,7-8H2,1-3H3,(H,20,21,24). The Labute approximate surface area is 151 Å². The van der Waals surface area contributed by atoms with Gasteiger partial charge in [0, 0.05) is 50.1 Å². The molecular formula is C18H21N5O3. The minimum atomic E-state index is -0.165. The van der Waals surface area contributed by atoms with E-state index in [1.165, 1.54) is 6.92 Å². The van der Waals surface area contributed by atoms with Crippen LogP contribution in [0, 0.1) is 0 Å². The highest BCUT2D eigenvalue weighted by atomic mass is 16.5. The molecule has 1 N–H and O–H groups in total. The smallest absolute Gasteiger partial charge is 0.318 e. The molecule has 8 nitrogen and oxygen atoms in total. The molecule has 0 radical (unpaired) electrons. The van der Waals surface area contributed by atoms with Crippen LogP contribution in [0.3, 0.4) is 0 Å². The Hall–Kier alpha value is -3.00. The minimum Gasteiger partial charge on any atom is -0.461 e. The first-order valence-electron chi connectivity index (χ1n) is 8.35. The lowest BCUT2D eigenvalue weighted by molar-refractivity contribution is -0.114. The van der Waals surface area contributed by atoms with Gasteiger partial charge in [-0.05, 0) is 12.0 Å². The molecule has 8 heteroatoms. The molecule has 3 rings (SSSR count). The Balaban J connectivity index is 2.03. The summed E-state index contributed by atoms with van der Waals surface area (Å²) in [7, 11) is 1.61. The van der Waals surface area contributed by atoms with E-state index in [-0.39, 0.29) is 11.9 Å². The molecule has 3 aromatic heterocycles. The molecule has 3 aromatic rings. The van der Waals surface area contributed by atoms with Crippen molar-refractivity contribution in [2.24, 2.45) is 0 Å². The van der Waals surface area contributed by atoms with Crippen molar-refractivity contribution in [1.29, 1.82) is 0 Å². The zero-order chi connectivity index (χ0) is 18.5. The summed E-state index contributed by atoms with van der Waals surface area (Å²) in [5, 5.41) is 3.73. The van der Waals surface area contributed by atoms with Gasteiger partial charge in [-0.2, -0.15) is 4.98 Å². The van der Waals surface area contributed by atoms with Crippen LogP contribution in [0.25, 0.3) is 16.7 Å². The monoisotopic (exact) mass is 355 g/mol. The number of hydrogen-bond donors (Lipinski definition) is 1. The fourth-order valence-corrected chi connectivity index (χ4v) is 2.66. The first-order valence-corrected chi connectivity index (χ1v) is 8.35. The van der Waals surface area contributed by atoms with Crippen molar-refractivity contribution in [3.63, 3.8) is 0 Å². The Kier molecular flexibility index (Phi) is 5.43. The maximum Gasteiger partial charge on any atom is 0.318 e. The molecule has 0 atom stereocenters. The number of ether oxygens (including phenoxy) is 2. The lowest BCUT2D eigenvalue weighted by Gasteiger charge is -2.08. The summed E-state index contributed by atoms with van der Waals surface area (Å²) in [6, 6.07) is 3.93. The van der Waals surface area contributed by atoms with E-state index in [0.29, 0.717) is 24.8 Å². The number of anilines is 1. The molecule has 0 aliphatic heterocycles. The summed E-state index contributed by atoms with van der Waals surface area (Å²) in [4.78, 5) is 24.2. The number of amides is 1. The summed E-state index contributed by atoms with van der Waals surface area (Å²) >= 11 is 0. The highest BCUT2D eigenvalue weighted by molar-refractivity contribution is 5.92. The van der Waals surface area contributed by atoms with Gasteiger partial charge in [0.25, 0.3) is 0 Å². The van der Waals surface area contributed by atoms with Crippen LogP contribution in [-0.2, 0) is 16.0 Å². The van der Waals surface area contributed by atoms with Crippen LogP contribution < -0.4 is 10.1 Å². The first-order chi connectivity index (χ1) is 12.6. The van der Waals surface area contributed by atoms with Crippen molar-refractivity contribution in [2.75, 3.05) is 25.6 Å². The second-order valence-corrected chi connectivity index (χ2v) is 5.68. The number of carbonyl (C=O) groups excluding carboxylic acids is 1. The molecule has 136 valence electrons. The molecular weight excluding hydrogens is 334 g/mol. The first kappa shape index (κ1) is 17.8. The zero-order valence-electron chi connectivity index (χ0n) is 15.0. The predicted octanol–water partition coefficient (Wildman–Crippen LogP) is 2.36. The van der Waals surface area contributed by atoms with Gasteiger partial charge in [-0.15, -0.1) is 0 Å². The van der Waals surface area contributed by atoms with Crippen molar-refractivity contribution >= 4 is 22.6 Å². The summed E-state index contributed by atoms with van der Waals surface area (Å²) < 4.78 is 12.4. The SMILES string of the molecule is CCc1cn(-c2ccnc(OCCOC)n2)c2cc(NC(C)=O)ncc12. The van der Waals surface area contributed by atoms with E-state index in [1.807, 2.05) is 16.8 Å². The minimum absolute atomic E-state index is 0.165. The average Bonchev–Trinajstić information content (AvgIpc) is 3.00. The molecule has 3 heterocycles. The molecule has 1 amide bonds. The second kappa shape index (κ2) is 7.92. The van der Waals surface area contributed by atoms with Gasteiger partial charge in [0.15, 0.2) is 0 Å². The predicted molar refractivity (Wildman–Crippen MR) is 97.7 cm³/mol. The highest BCUT2D eigenvalue weighted by Crippen LogP contribution is 2.26. The zero-order valence-corrected chi connectivity index (χ0v) is 15.0. The molecule has 0 fully saturated rings. The highest BCUT2D eigenvalue weighted by Gasteiger charge is 2.13. The number of methoxy groups -OCH3 is 1. The molecule has 0 bridgehead atoms. The van der Waals surface area contributed by atoms with Crippen LogP contribution in [0.4, 0.5) is 5.82 Å². The van der Waals surface area contributed by atoms with Crippen molar-refractivity contribution in [3.8, 4) is 11.8 Å². The number of hydrogen-bond acceptors (Lipinski definition) is 6. The fraction of sp³-hybridized carbons (Fsp3) is 0.333. The van der Waals surface area contributed by atoms with Crippen LogP contribution in [-0.4, -0.2) is 45.7 Å². The molecule has 0 saturated heterocycles. The van der Waals surface area contributed by atoms with Gasteiger partial charge in [-0.25, -0.2) is 9.97 Å². The third kappa shape index (κ3) is 3.80. The average molecular weight is 355 g/mol. The van der Waals surface area contributed by atoms with E-state index >= 15 is 0 Å². The number of fused-ring (bicyclic) bond motifs is 1. The largest absolute Gasteiger partial charge is 0.461 e. The molecule has 0 saturated carbocycles. The summed E-state index contributed by atoms with van der Waals surface area (Å²) in [6.07, 6.45) is 6.29.